The van der Waals surface area contributed by atoms with E-state index in [-0.39, 0.29) is 35.1 Å². The Kier molecular flexibility index (Phi) is 7.47. The Bertz CT molecular complexity index is 1220. The van der Waals surface area contributed by atoms with Crippen molar-refractivity contribution in [3.63, 3.8) is 0 Å². The minimum Gasteiger partial charge on any atom is -0.325 e. The molecule has 0 bridgehead atoms. The highest BCUT2D eigenvalue weighted by Gasteiger charge is 2.39. The fourth-order valence-electron chi connectivity index (χ4n) is 4.18. The lowest BCUT2D eigenvalue weighted by Crippen LogP contribution is -2.59. The SMILES string of the molecule is Cc1ccccc1NC(=O)CN1CC(C)N(S(=O)(=O)c2cccc(NS(C)(=O)=O)c2)C(C)C1. The van der Waals surface area contributed by atoms with Crippen LogP contribution in [0.1, 0.15) is 19.4 Å². The second kappa shape index (κ2) is 9.80. The number of hydrogen-bond donors (Lipinski definition) is 2. The van der Waals surface area contributed by atoms with Crippen molar-refractivity contribution in [2.75, 3.05) is 35.9 Å². The Hall–Kier alpha value is -2.47. The number of nitrogens with one attached hydrogen (secondary N) is 2. The zero-order chi connectivity index (χ0) is 24.4. The number of piperazine rings is 1. The quantitative estimate of drug-likeness (QED) is 0.609. The predicted octanol–water partition coefficient (Wildman–Crippen LogP) is 2.09. The van der Waals surface area contributed by atoms with Crippen molar-refractivity contribution >= 4 is 37.3 Å². The summed E-state index contributed by atoms with van der Waals surface area (Å²) in [6.45, 7) is 6.47. The molecule has 2 N–H and O–H groups in total. The van der Waals surface area contributed by atoms with Crippen LogP contribution in [0, 0.1) is 6.92 Å². The summed E-state index contributed by atoms with van der Waals surface area (Å²) in [5.74, 6) is -0.153. The van der Waals surface area contributed by atoms with Crippen molar-refractivity contribution < 1.29 is 21.6 Å². The molecule has 1 heterocycles. The summed E-state index contributed by atoms with van der Waals surface area (Å²) in [6, 6.07) is 12.5. The average molecular weight is 495 g/mol. The van der Waals surface area contributed by atoms with Gasteiger partial charge in [-0.1, -0.05) is 24.3 Å². The molecule has 0 saturated carbocycles. The summed E-state index contributed by atoms with van der Waals surface area (Å²) in [5, 5.41) is 2.91. The zero-order valence-corrected chi connectivity index (χ0v) is 20.8. The van der Waals surface area contributed by atoms with Gasteiger partial charge in [-0.05, 0) is 50.6 Å². The molecule has 1 saturated heterocycles. The van der Waals surface area contributed by atoms with Crippen LogP contribution >= 0.6 is 0 Å². The second-order valence-electron chi connectivity index (χ2n) is 8.49. The topological polar surface area (TPSA) is 116 Å². The lowest BCUT2D eigenvalue weighted by Gasteiger charge is -2.43. The van der Waals surface area contributed by atoms with Gasteiger partial charge in [-0.15, -0.1) is 0 Å². The number of hydrogen-bond acceptors (Lipinski definition) is 6. The molecule has 1 amide bonds. The first-order valence-corrected chi connectivity index (χ1v) is 13.9. The highest BCUT2D eigenvalue weighted by atomic mass is 32.2. The number of amides is 1. The molecule has 2 atom stereocenters. The first-order valence-electron chi connectivity index (χ1n) is 10.6. The number of aryl methyl sites for hydroxylation is 1. The molecule has 0 aliphatic carbocycles. The van der Waals surface area contributed by atoms with Gasteiger partial charge in [0, 0.05) is 36.5 Å². The Labute approximate surface area is 195 Å². The molecule has 180 valence electrons. The maximum Gasteiger partial charge on any atom is 0.243 e. The number of carbonyl (C=O) groups excluding carboxylic acids is 1. The minimum absolute atomic E-state index is 0.0144. The largest absolute Gasteiger partial charge is 0.325 e. The van der Waals surface area contributed by atoms with Gasteiger partial charge in [-0.2, -0.15) is 4.31 Å². The number of benzene rings is 2. The van der Waals surface area contributed by atoms with Crippen molar-refractivity contribution in [2.45, 2.75) is 37.8 Å². The van der Waals surface area contributed by atoms with E-state index in [1.54, 1.807) is 13.8 Å². The van der Waals surface area contributed by atoms with Crippen LogP contribution in [0.25, 0.3) is 0 Å². The molecule has 2 aromatic carbocycles. The summed E-state index contributed by atoms with van der Waals surface area (Å²) in [5.41, 5.74) is 1.91. The van der Waals surface area contributed by atoms with E-state index in [4.69, 9.17) is 0 Å². The maximum absolute atomic E-state index is 13.4. The van der Waals surface area contributed by atoms with E-state index < -0.39 is 20.0 Å². The van der Waals surface area contributed by atoms with Crippen molar-refractivity contribution in [2.24, 2.45) is 0 Å². The maximum atomic E-state index is 13.4. The first-order chi connectivity index (χ1) is 15.4. The number of carbonyl (C=O) groups is 1. The highest BCUT2D eigenvalue weighted by Crippen LogP contribution is 2.27. The van der Waals surface area contributed by atoms with Crippen LogP contribution < -0.4 is 10.0 Å². The number of nitrogens with zero attached hydrogens (tertiary/aromatic N) is 2. The van der Waals surface area contributed by atoms with Gasteiger partial charge in [0.1, 0.15) is 0 Å². The van der Waals surface area contributed by atoms with Crippen LogP contribution in [0.3, 0.4) is 0 Å². The van der Waals surface area contributed by atoms with Crippen LogP contribution in [-0.2, 0) is 24.8 Å². The fourth-order valence-corrected chi connectivity index (χ4v) is 6.59. The van der Waals surface area contributed by atoms with E-state index in [0.717, 1.165) is 17.5 Å². The number of para-hydroxylation sites is 1. The molecule has 1 aliphatic rings. The molecule has 9 nitrogen and oxygen atoms in total. The van der Waals surface area contributed by atoms with E-state index >= 15 is 0 Å². The molecule has 33 heavy (non-hydrogen) atoms. The van der Waals surface area contributed by atoms with Gasteiger partial charge >= 0.3 is 0 Å². The fraction of sp³-hybridized carbons (Fsp3) is 0.409. The Balaban J connectivity index is 1.71. The monoisotopic (exact) mass is 494 g/mol. The first kappa shape index (κ1) is 25.2. The van der Waals surface area contributed by atoms with E-state index in [1.807, 2.05) is 36.1 Å². The minimum atomic E-state index is -3.87. The third kappa shape index (κ3) is 6.32. The molecule has 2 unspecified atom stereocenters. The van der Waals surface area contributed by atoms with Crippen LogP contribution in [0.5, 0.6) is 0 Å². The van der Waals surface area contributed by atoms with Gasteiger partial charge in [0.15, 0.2) is 0 Å². The van der Waals surface area contributed by atoms with Gasteiger partial charge < -0.3 is 5.32 Å². The molecule has 0 spiro atoms. The summed E-state index contributed by atoms with van der Waals surface area (Å²) in [6.07, 6.45) is 1.01. The van der Waals surface area contributed by atoms with Crippen LogP contribution in [0.15, 0.2) is 53.4 Å². The molecule has 3 rings (SSSR count). The standard InChI is InChI=1S/C22H30N4O5S2/c1-16-8-5-6-11-21(16)23-22(27)15-25-13-17(2)26(18(3)14-25)33(30,31)20-10-7-9-19(12-20)24-32(4,28)29/h5-12,17-18,24H,13-15H2,1-4H3,(H,23,27). The second-order valence-corrected chi connectivity index (χ2v) is 12.1. The average Bonchev–Trinajstić information content (AvgIpc) is 2.68. The highest BCUT2D eigenvalue weighted by molar-refractivity contribution is 7.92. The van der Waals surface area contributed by atoms with E-state index in [1.165, 1.54) is 28.6 Å². The van der Waals surface area contributed by atoms with Crippen LogP contribution in [0.4, 0.5) is 11.4 Å². The molecular weight excluding hydrogens is 464 g/mol. The lowest BCUT2D eigenvalue weighted by atomic mass is 10.1. The molecule has 0 radical (unpaired) electrons. The summed E-state index contributed by atoms with van der Waals surface area (Å²) >= 11 is 0. The third-order valence-corrected chi connectivity index (χ3v) is 8.14. The normalized spacial score (nSPS) is 20.4. The predicted molar refractivity (Wildman–Crippen MR) is 129 cm³/mol. The Morgan fingerprint density at radius 2 is 1.64 bits per heavy atom. The Morgan fingerprint density at radius 3 is 2.24 bits per heavy atom. The third-order valence-electron chi connectivity index (χ3n) is 5.41. The van der Waals surface area contributed by atoms with Crippen molar-refractivity contribution in [1.29, 1.82) is 0 Å². The molecular formula is C22H30N4O5S2. The van der Waals surface area contributed by atoms with Crippen molar-refractivity contribution in [3.8, 4) is 0 Å². The van der Waals surface area contributed by atoms with Crippen LogP contribution in [-0.4, -0.2) is 69.9 Å². The van der Waals surface area contributed by atoms with Gasteiger partial charge in [0.05, 0.1) is 17.7 Å². The smallest absolute Gasteiger partial charge is 0.243 e. The number of sulfonamides is 2. The van der Waals surface area contributed by atoms with Gasteiger partial charge in [0.25, 0.3) is 0 Å². The van der Waals surface area contributed by atoms with E-state index in [0.29, 0.717) is 13.1 Å². The molecule has 2 aromatic rings. The van der Waals surface area contributed by atoms with Gasteiger partial charge in [-0.25, -0.2) is 16.8 Å². The molecule has 11 heteroatoms. The van der Waals surface area contributed by atoms with E-state index in [9.17, 15) is 21.6 Å². The molecule has 0 aromatic heterocycles. The zero-order valence-electron chi connectivity index (χ0n) is 19.1. The Morgan fingerprint density at radius 1 is 1.00 bits per heavy atom. The summed E-state index contributed by atoms with van der Waals surface area (Å²) < 4.78 is 53.5. The number of rotatable bonds is 7. The van der Waals surface area contributed by atoms with E-state index in [2.05, 4.69) is 10.0 Å². The lowest BCUT2D eigenvalue weighted by molar-refractivity contribution is -0.118. The molecule has 1 aliphatic heterocycles. The summed E-state index contributed by atoms with van der Waals surface area (Å²) in [4.78, 5) is 14.5. The van der Waals surface area contributed by atoms with Gasteiger partial charge in [0.2, 0.25) is 26.0 Å². The van der Waals surface area contributed by atoms with Crippen molar-refractivity contribution in [1.82, 2.24) is 9.21 Å². The van der Waals surface area contributed by atoms with Gasteiger partial charge in [-0.3, -0.25) is 14.4 Å². The molecule has 1 fully saturated rings. The van der Waals surface area contributed by atoms with Crippen LogP contribution in [0.2, 0.25) is 0 Å². The summed E-state index contributed by atoms with van der Waals surface area (Å²) in [7, 11) is -7.41. The van der Waals surface area contributed by atoms with Crippen molar-refractivity contribution in [3.05, 3.63) is 54.1 Å². The number of anilines is 2.